The minimum absolute atomic E-state index is 0.229. The van der Waals surface area contributed by atoms with Gasteiger partial charge in [-0.25, -0.2) is 0 Å². The molecule has 3 nitrogen and oxygen atoms in total. The first kappa shape index (κ1) is 9.71. The Morgan fingerprint density at radius 3 is 2.50 bits per heavy atom. The summed E-state index contributed by atoms with van der Waals surface area (Å²) in [6, 6.07) is 0. The molecule has 1 heterocycles. The lowest BCUT2D eigenvalue weighted by atomic mass is 10.1. The van der Waals surface area contributed by atoms with Gasteiger partial charge >= 0.3 is 0 Å². The maximum Gasteiger partial charge on any atom is 0.187 e. The highest BCUT2D eigenvalue weighted by Gasteiger charge is 2.32. The van der Waals surface area contributed by atoms with Crippen LogP contribution in [0.5, 0.6) is 0 Å². The molecule has 1 fully saturated rings. The molecule has 0 aromatic carbocycles. The molecule has 1 aliphatic rings. The molecule has 0 radical (unpaired) electrons. The summed E-state index contributed by atoms with van der Waals surface area (Å²) in [5.41, 5.74) is 0. The monoisotopic (exact) mass is 172 g/mol. The molecule has 0 unspecified atom stereocenters. The van der Waals surface area contributed by atoms with Crippen LogP contribution in [0, 0.1) is 0 Å². The van der Waals surface area contributed by atoms with Gasteiger partial charge in [0.05, 0.1) is 13.2 Å². The minimum atomic E-state index is -0.560. The van der Waals surface area contributed by atoms with E-state index in [2.05, 4.69) is 6.58 Å². The molecular weight excluding hydrogens is 156 g/mol. The predicted molar refractivity (Wildman–Crippen MR) is 45.8 cm³/mol. The lowest BCUT2D eigenvalue weighted by Gasteiger charge is -2.22. The van der Waals surface area contributed by atoms with Gasteiger partial charge in [0.25, 0.3) is 0 Å². The van der Waals surface area contributed by atoms with Crippen molar-refractivity contribution in [1.29, 1.82) is 0 Å². The fourth-order valence-electron chi connectivity index (χ4n) is 1.32. The van der Waals surface area contributed by atoms with Gasteiger partial charge in [-0.2, -0.15) is 0 Å². The van der Waals surface area contributed by atoms with Crippen molar-refractivity contribution in [3.8, 4) is 0 Å². The topological polar surface area (TPSA) is 38.7 Å². The van der Waals surface area contributed by atoms with Crippen molar-refractivity contribution >= 4 is 0 Å². The molecule has 0 aromatic rings. The molecule has 0 atom stereocenters. The zero-order valence-electron chi connectivity index (χ0n) is 7.29. The molecule has 3 heteroatoms. The molecule has 1 aliphatic heterocycles. The molecule has 0 bridgehead atoms. The third-order valence-electron chi connectivity index (χ3n) is 2.02. The Morgan fingerprint density at radius 1 is 1.33 bits per heavy atom. The van der Waals surface area contributed by atoms with Gasteiger partial charge < -0.3 is 14.6 Å². The first-order valence-electron chi connectivity index (χ1n) is 4.35. The average Bonchev–Trinajstić information content (AvgIpc) is 2.55. The number of aliphatic hydroxyl groups is 1. The number of aliphatic hydroxyl groups excluding tert-OH is 1. The quantitative estimate of drug-likeness (QED) is 0.498. The van der Waals surface area contributed by atoms with Crippen molar-refractivity contribution in [2.45, 2.75) is 25.0 Å². The number of unbranched alkanes of at least 4 members (excludes halogenated alkanes) is 1. The Balaban J connectivity index is 2.29. The molecule has 0 amide bonds. The molecule has 0 aliphatic carbocycles. The molecule has 1 N–H and O–H groups in total. The van der Waals surface area contributed by atoms with Crippen LogP contribution in [0.1, 0.15) is 19.3 Å². The van der Waals surface area contributed by atoms with Crippen molar-refractivity contribution in [2.24, 2.45) is 0 Å². The first-order valence-corrected chi connectivity index (χ1v) is 4.35. The highest BCUT2D eigenvalue weighted by molar-refractivity contribution is 4.91. The van der Waals surface area contributed by atoms with E-state index in [-0.39, 0.29) is 6.61 Å². The van der Waals surface area contributed by atoms with Crippen molar-refractivity contribution in [2.75, 3.05) is 19.8 Å². The molecule has 1 saturated heterocycles. The molecule has 0 saturated carbocycles. The molecule has 1 rings (SSSR count). The summed E-state index contributed by atoms with van der Waals surface area (Å²) in [6.45, 7) is 5.20. The van der Waals surface area contributed by atoms with Gasteiger partial charge in [0.15, 0.2) is 5.79 Å². The summed E-state index contributed by atoms with van der Waals surface area (Å²) in [4.78, 5) is 0. The van der Waals surface area contributed by atoms with Gasteiger partial charge in [0.1, 0.15) is 0 Å². The lowest BCUT2D eigenvalue weighted by Crippen LogP contribution is -2.26. The van der Waals surface area contributed by atoms with E-state index in [9.17, 15) is 0 Å². The third kappa shape index (κ3) is 2.30. The second kappa shape index (κ2) is 4.60. The number of hydrogen-bond acceptors (Lipinski definition) is 3. The van der Waals surface area contributed by atoms with Gasteiger partial charge in [-0.05, 0) is 18.9 Å². The van der Waals surface area contributed by atoms with E-state index in [4.69, 9.17) is 14.6 Å². The Kier molecular flexibility index (Phi) is 3.72. The molecule has 0 aromatic heterocycles. The number of ether oxygens (including phenoxy) is 2. The summed E-state index contributed by atoms with van der Waals surface area (Å²) in [5.74, 6) is -0.560. The Morgan fingerprint density at radius 2 is 2.00 bits per heavy atom. The Bertz CT molecular complexity index is 139. The van der Waals surface area contributed by atoms with Crippen LogP contribution in [0.3, 0.4) is 0 Å². The number of rotatable bonds is 5. The Hall–Kier alpha value is -0.380. The van der Waals surface area contributed by atoms with Crippen molar-refractivity contribution in [3.63, 3.8) is 0 Å². The maximum atomic E-state index is 8.59. The second-order valence-electron chi connectivity index (χ2n) is 2.89. The van der Waals surface area contributed by atoms with Crippen molar-refractivity contribution < 1.29 is 14.6 Å². The predicted octanol–water partition coefficient (Wildman–Crippen LogP) is 1.08. The normalized spacial score (nSPS) is 21.1. The van der Waals surface area contributed by atoms with E-state index in [1.54, 1.807) is 6.08 Å². The van der Waals surface area contributed by atoms with Gasteiger partial charge in [-0.3, -0.25) is 0 Å². The summed E-state index contributed by atoms with van der Waals surface area (Å²) in [6.07, 6.45) is 4.19. The van der Waals surface area contributed by atoms with Crippen LogP contribution >= 0.6 is 0 Å². The molecule has 12 heavy (non-hydrogen) atoms. The smallest absolute Gasteiger partial charge is 0.187 e. The van der Waals surface area contributed by atoms with Crippen molar-refractivity contribution in [3.05, 3.63) is 12.7 Å². The SMILES string of the molecule is C=CC1(CCCCO)OCCO1. The highest BCUT2D eigenvalue weighted by atomic mass is 16.7. The minimum Gasteiger partial charge on any atom is -0.396 e. The van der Waals surface area contributed by atoms with Crippen LogP contribution in [0.4, 0.5) is 0 Å². The van der Waals surface area contributed by atoms with Gasteiger partial charge in [-0.1, -0.05) is 6.58 Å². The molecule has 70 valence electrons. The van der Waals surface area contributed by atoms with E-state index < -0.39 is 5.79 Å². The fourth-order valence-corrected chi connectivity index (χ4v) is 1.32. The van der Waals surface area contributed by atoms with Gasteiger partial charge in [0.2, 0.25) is 0 Å². The first-order chi connectivity index (χ1) is 5.83. The zero-order chi connectivity index (χ0) is 8.86. The largest absolute Gasteiger partial charge is 0.396 e. The van der Waals surface area contributed by atoms with Crippen molar-refractivity contribution in [1.82, 2.24) is 0 Å². The van der Waals surface area contributed by atoms with E-state index in [1.165, 1.54) is 0 Å². The number of hydrogen-bond donors (Lipinski definition) is 1. The highest BCUT2D eigenvalue weighted by Crippen LogP contribution is 2.26. The van der Waals surface area contributed by atoms with Crippen LogP contribution in [0.2, 0.25) is 0 Å². The summed E-state index contributed by atoms with van der Waals surface area (Å²) < 4.78 is 10.8. The van der Waals surface area contributed by atoms with Crippen LogP contribution < -0.4 is 0 Å². The van der Waals surface area contributed by atoms with Crippen LogP contribution in [-0.4, -0.2) is 30.7 Å². The fraction of sp³-hybridized carbons (Fsp3) is 0.778. The van der Waals surface area contributed by atoms with Crippen LogP contribution in [0.25, 0.3) is 0 Å². The molecular formula is C9H16O3. The van der Waals surface area contributed by atoms with E-state index >= 15 is 0 Å². The van der Waals surface area contributed by atoms with E-state index in [0.29, 0.717) is 13.2 Å². The summed E-state index contributed by atoms with van der Waals surface area (Å²) in [7, 11) is 0. The standard InChI is InChI=1S/C9H16O3/c1-2-9(5-3-4-6-10)11-7-8-12-9/h2,10H,1,3-8H2. The summed E-state index contributed by atoms with van der Waals surface area (Å²) in [5, 5.41) is 8.59. The van der Waals surface area contributed by atoms with Crippen LogP contribution in [0.15, 0.2) is 12.7 Å². The maximum absolute atomic E-state index is 8.59. The zero-order valence-corrected chi connectivity index (χ0v) is 7.29. The second-order valence-corrected chi connectivity index (χ2v) is 2.89. The summed E-state index contributed by atoms with van der Waals surface area (Å²) >= 11 is 0. The third-order valence-corrected chi connectivity index (χ3v) is 2.02. The average molecular weight is 172 g/mol. The van der Waals surface area contributed by atoms with Gasteiger partial charge in [-0.15, -0.1) is 0 Å². The van der Waals surface area contributed by atoms with Gasteiger partial charge in [0, 0.05) is 13.0 Å². The Labute approximate surface area is 73.0 Å². The lowest BCUT2D eigenvalue weighted by molar-refractivity contribution is -0.122. The van der Waals surface area contributed by atoms with E-state index in [0.717, 1.165) is 19.3 Å². The molecule has 0 spiro atoms. The van der Waals surface area contributed by atoms with E-state index in [1.807, 2.05) is 0 Å². The van der Waals surface area contributed by atoms with Crippen LogP contribution in [-0.2, 0) is 9.47 Å².